The largest absolute Gasteiger partial charge is 0.480 e. The molecule has 0 unspecified atom stereocenters. The zero-order valence-electron chi connectivity index (χ0n) is 20.5. The van der Waals surface area contributed by atoms with Gasteiger partial charge in [-0.1, -0.05) is 48.0 Å². The standard InChI is InChI=1S/C26H23ClF3N3O6S/c27-18-11-7-16(8-12-18)17-9-13-19(14-10-17)40(38,39)33-22(24(35)36)6-3-15-31-23(34)20-4-1-2-5-21(20)32-25(37)26(28,29)30/h1-2,4-5,7-14,22,33H,3,6,15H2,(H,31,34)(H,32,37)(H,35,36)/t22-/m0/s1. The first-order valence-electron chi connectivity index (χ1n) is 11.6. The van der Waals surface area contributed by atoms with Crippen molar-refractivity contribution in [1.82, 2.24) is 10.0 Å². The minimum atomic E-state index is -5.15. The van der Waals surface area contributed by atoms with Gasteiger partial charge >= 0.3 is 18.1 Å². The number of carbonyl (C=O) groups is 3. The molecule has 0 bridgehead atoms. The molecule has 0 aliphatic heterocycles. The Morgan fingerprint density at radius 3 is 2.05 bits per heavy atom. The maximum atomic E-state index is 12.8. The van der Waals surface area contributed by atoms with Crippen molar-refractivity contribution in [2.45, 2.75) is 30.0 Å². The van der Waals surface area contributed by atoms with E-state index in [0.29, 0.717) is 5.02 Å². The number of benzene rings is 3. The number of rotatable bonds is 11. The molecule has 40 heavy (non-hydrogen) atoms. The third kappa shape index (κ3) is 8.28. The molecule has 0 spiro atoms. The number of amides is 2. The first kappa shape index (κ1) is 30.6. The van der Waals surface area contributed by atoms with Gasteiger partial charge in [0.1, 0.15) is 6.04 Å². The van der Waals surface area contributed by atoms with Crippen molar-refractivity contribution in [3.63, 3.8) is 0 Å². The van der Waals surface area contributed by atoms with Gasteiger partial charge in [0.05, 0.1) is 16.1 Å². The van der Waals surface area contributed by atoms with Crippen LogP contribution in [-0.4, -0.2) is 50.1 Å². The quantitative estimate of drug-likeness (QED) is 0.241. The number of carboxylic acid groups (broad SMARTS) is 1. The zero-order valence-corrected chi connectivity index (χ0v) is 22.1. The monoisotopic (exact) mass is 597 g/mol. The predicted molar refractivity (Wildman–Crippen MR) is 141 cm³/mol. The van der Waals surface area contributed by atoms with Crippen LogP contribution in [0.4, 0.5) is 18.9 Å². The smallest absolute Gasteiger partial charge is 0.471 e. The van der Waals surface area contributed by atoms with E-state index >= 15 is 0 Å². The van der Waals surface area contributed by atoms with Crippen molar-refractivity contribution >= 4 is 45.1 Å². The fourth-order valence-corrected chi connectivity index (χ4v) is 4.89. The summed E-state index contributed by atoms with van der Waals surface area (Å²) in [7, 11) is -4.21. The number of aliphatic carboxylic acids is 1. The molecule has 3 rings (SSSR count). The summed E-state index contributed by atoms with van der Waals surface area (Å²) < 4.78 is 65.4. The topological polar surface area (TPSA) is 142 Å². The van der Waals surface area contributed by atoms with Crippen LogP contribution in [-0.2, 0) is 19.6 Å². The molecular formula is C26H23ClF3N3O6S. The number of halogens is 4. The highest BCUT2D eigenvalue weighted by atomic mass is 35.5. The normalized spacial score (nSPS) is 12.4. The molecule has 212 valence electrons. The van der Waals surface area contributed by atoms with E-state index in [9.17, 15) is 41.1 Å². The fraction of sp³-hybridized carbons (Fsp3) is 0.192. The number of hydrogen-bond acceptors (Lipinski definition) is 5. The lowest BCUT2D eigenvalue weighted by atomic mass is 10.1. The Balaban J connectivity index is 1.58. The van der Waals surface area contributed by atoms with Gasteiger partial charge in [-0.25, -0.2) is 8.42 Å². The summed E-state index contributed by atoms with van der Waals surface area (Å²) in [6.45, 7) is -0.123. The SMILES string of the molecule is O=C(NCCC[C@H](NS(=O)(=O)c1ccc(-c2ccc(Cl)cc2)cc1)C(=O)O)c1ccccc1NC(=O)C(F)(F)F. The zero-order chi connectivity index (χ0) is 29.5. The van der Waals surface area contributed by atoms with Crippen LogP contribution in [0.2, 0.25) is 5.02 Å². The lowest BCUT2D eigenvalue weighted by Gasteiger charge is -2.16. The Labute approximate surface area is 232 Å². The summed E-state index contributed by atoms with van der Waals surface area (Å²) in [5, 5.41) is 14.1. The van der Waals surface area contributed by atoms with E-state index in [4.69, 9.17) is 11.6 Å². The molecule has 0 saturated heterocycles. The van der Waals surface area contributed by atoms with Gasteiger partial charge in [0.15, 0.2) is 0 Å². The van der Waals surface area contributed by atoms with Gasteiger partial charge in [-0.15, -0.1) is 0 Å². The van der Waals surface area contributed by atoms with Gasteiger partial charge in [0.2, 0.25) is 10.0 Å². The number of nitrogens with one attached hydrogen (secondary N) is 3. The highest BCUT2D eigenvalue weighted by Gasteiger charge is 2.39. The molecule has 3 aromatic carbocycles. The number of hydrogen-bond donors (Lipinski definition) is 4. The molecule has 0 saturated carbocycles. The Morgan fingerprint density at radius 1 is 0.900 bits per heavy atom. The minimum Gasteiger partial charge on any atom is -0.480 e. The molecule has 2 amide bonds. The number of carboxylic acids is 1. The van der Waals surface area contributed by atoms with Crippen LogP contribution in [0.25, 0.3) is 11.1 Å². The highest BCUT2D eigenvalue weighted by Crippen LogP contribution is 2.24. The molecule has 0 fully saturated rings. The summed E-state index contributed by atoms with van der Waals surface area (Å²) in [4.78, 5) is 35.2. The third-order valence-electron chi connectivity index (χ3n) is 5.57. The van der Waals surface area contributed by atoms with Crippen LogP contribution >= 0.6 is 11.6 Å². The van der Waals surface area contributed by atoms with Gasteiger partial charge < -0.3 is 15.7 Å². The van der Waals surface area contributed by atoms with Crippen molar-refractivity contribution in [2.75, 3.05) is 11.9 Å². The number of sulfonamides is 1. The molecule has 1 atom stereocenters. The maximum absolute atomic E-state index is 12.8. The summed E-state index contributed by atoms with van der Waals surface area (Å²) in [5.41, 5.74) is 0.927. The van der Waals surface area contributed by atoms with Crippen LogP contribution in [0.3, 0.4) is 0 Å². The Bertz CT molecular complexity index is 1480. The molecule has 14 heteroatoms. The molecule has 4 N–H and O–H groups in total. The summed E-state index contributed by atoms with van der Waals surface area (Å²) in [5.74, 6) is -4.50. The van der Waals surface area contributed by atoms with Crippen LogP contribution < -0.4 is 15.4 Å². The van der Waals surface area contributed by atoms with Gasteiger partial charge in [-0.2, -0.15) is 17.9 Å². The van der Waals surface area contributed by atoms with E-state index < -0.39 is 40.0 Å². The summed E-state index contributed by atoms with van der Waals surface area (Å²) in [6, 6.07) is 16.2. The second-order valence-electron chi connectivity index (χ2n) is 8.44. The lowest BCUT2D eigenvalue weighted by molar-refractivity contribution is -0.167. The average Bonchev–Trinajstić information content (AvgIpc) is 2.90. The first-order valence-corrected chi connectivity index (χ1v) is 13.5. The minimum absolute atomic E-state index is 0.0117. The van der Waals surface area contributed by atoms with E-state index in [1.54, 1.807) is 41.7 Å². The molecule has 3 aromatic rings. The third-order valence-corrected chi connectivity index (χ3v) is 7.31. The molecular weight excluding hydrogens is 575 g/mol. The number of para-hydroxylation sites is 1. The molecule has 0 aliphatic rings. The van der Waals surface area contributed by atoms with Gasteiger partial charge in [-0.05, 0) is 60.4 Å². The van der Waals surface area contributed by atoms with Crippen molar-refractivity contribution in [2.24, 2.45) is 0 Å². The van der Waals surface area contributed by atoms with Gasteiger partial charge in [0.25, 0.3) is 5.91 Å². The first-order chi connectivity index (χ1) is 18.8. The van der Waals surface area contributed by atoms with E-state index in [1.165, 1.54) is 30.3 Å². The molecule has 0 aliphatic carbocycles. The van der Waals surface area contributed by atoms with Crippen molar-refractivity contribution in [3.05, 3.63) is 83.4 Å². The van der Waals surface area contributed by atoms with E-state index in [2.05, 4.69) is 10.0 Å². The van der Waals surface area contributed by atoms with Crippen LogP contribution in [0.5, 0.6) is 0 Å². The average molecular weight is 598 g/mol. The van der Waals surface area contributed by atoms with E-state index in [-0.39, 0.29) is 35.5 Å². The number of carbonyl (C=O) groups excluding carboxylic acids is 2. The molecule has 0 heterocycles. The predicted octanol–water partition coefficient (Wildman–Crippen LogP) is 4.45. The Morgan fingerprint density at radius 2 is 1.48 bits per heavy atom. The summed E-state index contributed by atoms with van der Waals surface area (Å²) in [6.07, 6.45) is -5.34. The van der Waals surface area contributed by atoms with E-state index in [1.807, 2.05) is 0 Å². The van der Waals surface area contributed by atoms with E-state index in [0.717, 1.165) is 17.2 Å². The number of anilines is 1. The van der Waals surface area contributed by atoms with Crippen molar-refractivity contribution in [3.8, 4) is 11.1 Å². The van der Waals surface area contributed by atoms with Crippen molar-refractivity contribution in [1.29, 1.82) is 0 Å². The Kier molecular flexibility index (Phi) is 9.90. The lowest BCUT2D eigenvalue weighted by Crippen LogP contribution is -2.41. The van der Waals surface area contributed by atoms with Gasteiger partial charge in [0, 0.05) is 11.6 Å². The number of alkyl halides is 3. The summed E-state index contributed by atoms with van der Waals surface area (Å²) >= 11 is 5.88. The van der Waals surface area contributed by atoms with Crippen LogP contribution in [0.15, 0.2) is 77.7 Å². The molecule has 0 aromatic heterocycles. The second-order valence-corrected chi connectivity index (χ2v) is 10.6. The Hall–Kier alpha value is -3.94. The maximum Gasteiger partial charge on any atom is 0.471 e. The fourth-order valence-electron chi connectivity index (χ4n) is 3.54. The molecule has 9 nitrogen and oxygen atoms in total. The van der Waals surface area contributed by atoms with Crippen molar-refractivity contribution < 1.29 is 41.1 Å². The highest BCUT2D eigenvalue weighted by molar-refractivity contribution is 7.89. The van der Waals surface area contributed by atoms with Gasteiger partial charge in [-0.3, -0.25) is 14.4 Å². The van der Waals surface area contributed by atoms with Crippen LogP contribution in [0.1, 0.15) is 23.2 Å². The second kappa shape index (κ2) is 12.9. The molecule has 0 radical (unpaired) electrons. The van der Waals surface area contributed by atoms with Crippen LogP contribution in [0, 0.1) is 0 Å².